The van der Waals surface area contributed by atoms with Crippen molar-refractivity contribution in [3.8, 4) is 11.5 Å². The molecular weight excluding hydrogens is 324 g/mol. The van der Waals surface area contributed by atoms with Crippen LogP contribution in [-0.4, -0.2) is 48.1 Å². The minimum atomic E-state index is -0.346. The zero-order valence-electron chi connectivity index (χ0n) is 14.0. The number of carbonyl (C=O) groups is 1. The van der Waals surface area contributed by atoms with Crippen LogP contribution in [0.5, 0.6) is 0 Å². The molecule has 3 aromatic heterocycles. The van der Waals surface area contributed by atoms with Crippen LogP contribution >= 0.6 is 0 Å². The highest BCUT2D eigenvalue weighted by molar-refractivity contribution is 5.87. The quantitative estimate of drug-likeness (QED) is 0.726. The minimum Gasteiger partial charge on any atom is -0.337 e. The van der Waals surface area contributed by atoms with Crippen LogP contribution in [0.25, 0.3) is 11.5 Å². The monoisotopic (exact) mass is 342 g/mol. The molecule has 0 fully saturated rings. The zero-order valence-corrected chi connectivity index (χ0v) is 14.0. The average molecular weight is 342 g/mol. The lowest BCUT2D eigenvalue weighted by Gasteiger charge is -2.14. The highest BCUT2D eigenvalue weighted by Crippen LogP contribution is 2.13. The summed E-state index contributed by atoms with van der Waals surface area (Å²) < 4.78 is 6.84. The lowest BCUT2D eigenvalue weighted by Crippen LogP contribution is -2.31. The van der Waals surface area contributed by atoms with Gasteiger partial charge in [0, 0.05) is 19.8 Å². The number of hydrogen-bond acceptors (Lipinski definition) is 7. The van der Waals surface area contributed by atoms with Crippen molar-refractivity contribution in [1.29, 1.82) is 0 Å². The predicted octanol–water partition coefficient (Wildman–Crippen LogP) is 1.80. The molecule has 0 bridgehead atoms. The van der Waals surface area contributed by atoms with Crippen molar-refractivity contribution < 1.29 is 9.32 Å². The lowest BCUT2D eigenvalue weighted by molar-refractivity contribution is 0.213. The highest BCUT2D eigenvalue weighted by atomic mass is 16.5. The first kappa shape index (κ1) is 16.6. The molecule has 0 saturated heterocycles. The van der Waals surface area contributed by atoms with Crippen LogP contribution in [0.4, 0.5) is 10.6 Å². The SMILES string of the molecule is CCCn1cc(NC(=O)N(C)Cc2nc(-c3ccccn3)no2)nn1. The fourth-order valence-electron chi connectivity index (χ4n) is 2.09. The van der Waals surface area contributed by atoms with Crippen molar-refractivity contribution in [1.82, 2.24) is 35.0 Å². The molecule has 0 radical (unpaired) electrons. The molecule has 0 aliphatic rings. The number of amides is 2. The summed E-state index contributed by atoms with van der Waals surface area (Å²) in [7, 11) is 1.62. The predicted molar refractivity (Wildman–Crippen MR) is 88.3 cm³/mol. The Bertz CT molecular complexity index is 829. The maximum absolute atomic E-state index is 12.2. The molecule has 0 unspecified atom stereocenters. The van der Waals surface area contributed by atoms with E-state index in [1.165, 1.54) is 4.90 Å². The van der Waals surface area contributed by atoms with E-state index in [4.69, 9.17) is 4.52 Å². The molecule has 0 aromatic carbocycles. The number of nitrogens with one attached hydrogen (secondary N) is 1. The van der Waals surface area contributed by atoms with Gasteiger partial charge in [-0.05, 0) is 18.6 Å². The molecule has 0 aliphatic carbocycles. The first-order valence-corrected chi connectivity index (χ1v) is 7.82. The fourth-order valence-corrected chi connectivity index (χ4v) is 2.09. The Kier molecular flexibility index (Phi) is 4.97. The van der Waals surface area contributed by atoms with E-state index < -0.39 is 0 Å². The topological polar surface area (TPSA) is 115 Å². The smallest absolute Gasteiger partial charge is 0.323 e. The molecule has 130 valence electrons. The third-order valence-corrected chi connectivity index (χ3v) is 3.31. The first-order chi connectivity index (χ1) is 12.2. The number of pyridine rings is 1. The summed E-state index contributed by atoms with van der Waals surface area (Å²) in [5.41, 5.74) is 0.608. The van der Waals surface area contributed by atoms with Gasteiger partial charge >= 0.3 is 6.03 Å². The minimum absolute atomic E-state index is 0.161. The summed E-state index contributed by atoms with van der Waals surface area (Å²) in [6.07, 6.45) is 4.27. The number of nitrogens with zero attached hydrogens (tertiary/aromatic N) is 7. The third-order valence-electron chi connectivity index (χ3n) is 3.31. The van der Waals surface area contributed by atoms with E-state index in [1.54, 1.807) is 36.3 Å². The van der Waals surface area contributed by atoms with Crippen molar-refractivity contribution in [3.05, 3.63) is 36.5 Å². The van der Waals surface area contributed by atoms with Crippen molar-refractivity contribution in [3.63, 3.8) is 0 Å². The second-order valence-corrected chi connectivity index (χ2v) is 5.38. The molecule has 2 amide bonds. The molecule has 0 aliphatic heterocycles. The van der Waals surface area contributed by atoms with Crippen LogP contribution in [0.1, 0.15) is 19.2 Å². The van der Waals surface area contributed by atoms with Crippen LogP contribution in [0, 0.1) is 0 Å². The van der Waals surface area contributed by atoms with E-state index in [0.29, 0.717) is 23.2 Å². The van der Waals surface area contributed by atoms with Crippen LogP contribution in [-0.2, 0) is 13.1 Å². The van der Waals surface area contributed by atoms with E-state index >= 15 is 0 Å². The number of carbonyl (C=O) groups excluding carboxylic acids is 1. The molecule has 10 heteroatoms. The molecule has 0 spiro atoms. The number of urea groups is 1. The van der Waals surface area contributed by atoms with Crippen LogP contribution in [0.3, 0.4) is 0 Å². The van der Waals surface area contributed by atoms with E-state index in [2.05, 4.69) is 30.8 Å². The van der Waals surface area contributed by atoms with Crippen molar-refractivity contribution in [2.75, 3.05) is 12.4 Å². The number of hydrogen-bond donors (Lipinski definition) is 1. The first-order valence-electron chi connectivity index (χ1n) is 7.82. The Morgan fingerprint density at radius 1 is 1.40 bits per heavy atom. The van der Waals surface area contributed by atoms with E-state index in [1.807, 2.05) is 13.0 Å². The molecule has 3 heterocycles. The summed E-state index contributed by atoms with van der Waals surface area (Å²) in [5.74, 6) is 1.09. The average Bonchev–Trinajstić information content (AvgIpc) is 3.26. The zero-order chi connectivity index (χ0) is 17.6. The Hall–Kier alpha value is -3.30. The highest BCUT2D eigenvalue weighted by Gasteiger charge is 2.16. The van der Waals surface area contributed by atoms with Gasteiger partial charge in [0.15, 0.2) is 5.82 Å². The number of aryl methyl sites for hydroxylation is 1. The Morgan fingerprint density at radius 2 is 2.28 bits per heavy atom. The summed E-state index contributed by atoms with van der Waals surface area (Å²) in [6.45, 7) is 2.95. The van der Waals surface area contributed by atoms with E-state index in [-0.39, 0.29) is 12.6 Å². The van der Waals surface area contributed by atoms with Crippen LogP contribution in [0.2, 0.25) is 0 Å². The van der Waals surface area contributed by atoms with Crippen molar-refractivity contribution >= 4 is 11.8 Å². The molecule has 1 N–H and O–H groups in total. The van der Waals surface area contributed by atoms with Gasteiger partial charge in [-0.25, -0.2) is 4.79 Å². The maximum atomic E-state index is 12.2. The molecular formula is C15H18N8O2. The number of rotatable bonds is 6. The van der Waals surface area contributed by atoms with Crippen molar-refractivity contribution in [2.45, 2.75) is 26.4 Å². The van der Waals surface area contributed by atoms with Gasteiger partial charge in [0.1, 0.15) is 12.2 Å². The Morgan fingerprint density at radius 3 is 3.04 bits per heavy atom. The third kappa shape index (κ3) is 4.16. The maximum Gasteiger partial charge on any atom is 0.323 e. The molecule has 0 saturated carbocycles. The fraction of sp³-hybridized carbons (Fsp3) is 0.333. The standard InChI is InChI=1S/C15H18N8O2/c1-3-8-23-9-12(19-21-23)17-15(24)22(2)10-13-18-14(20-25-13)11-6-4-5-7-16-11/h4-7,9H,3,8,10H2,1-2H3,(H,17,24). The normalized spacial score (nSPS) is 10.6. The summed E-state index contributed by atoms with van der Waals surface area (Å²) >= 11 is 0. The van der Waals surface area contributed by atoms with Gasteiger partial charge in [-0.2, -0.15) is 4.98 Å². The molecule has 25 heavy (non-hydrogen) atoms. The summed E-state index contributed by atoms with van der Waals surface area (Å²) in [5, 5.41) is 14.4. The Balaban J connectivity index is 1.58. The Labute approximate surface area is 143 Å². The van der Waals surface area contributed by atoms with E-state index in [9.17, 15) is 4.79 Å². The van der Waals surface area contributed by atoms with Gasteiger partial charge in [-0.15, -0.1) is 5.10 Å². The van der Waals surface area contributed by atoms with Crippen LogP contribution < -0.4 is 5.32 Å². The second-order valence-electron chi connectivity index (χ2n) is 5.38. The van der Waals surface area contributed by atoms with Gasteiger partial charge in [0.05, 0.1) is 6.20 Å². The second kappa shape index (κ2) is 7.51. The van der Waals surface area contributed by atoms with Gasteiger partial charge < -0.3 is 9.42 Å². The van der Waals surface area contributed by atoms with Gasteiger partial charge in [0.2, 0.25) is 11.7 Å². The van der Waals surface area contributed by atoms with Gasteiger partial charge in [-0.1, -0.05) is 23.4 Å². The molecule has 10 nitrogen and oxygen atoms in total. The molecule has 0 atom stereocenters. The van der Waals surface area contributed by atoms with E-state index in [0.717, 1.165) is 13.0 Å². The number of anilines is 1. The summed E-state index contributed by atoms with van der Waals surface area (Å²) in [4.78, 5) is 22.0. The van der Waals surface area contributed by atoms with Gasteiger partial charge in [-0.3, -0.25) is 15.0 Å². The van der Waals surface area contributed by atoms with Crippen LogP contribution in [0.15, 0.2) is 35.1 Å². The molecule has 3 rings (SSSR count). The van der Waals surface area contributed by atoms with Gasteiger partial charge in [0.25, 0.3) is 0 Å². The summed E-state index contributed by atoms with van der Waals surface area (Å²) in [6, 6.07) is 5.08. The lowest BCUT2D eigenvalue weighted by atomic mass is 10.3. The largest absolute Gasteiger partial charge is 0.337 e. The molecule has 3 aromatic rings. The van der Waals surface area contributed by atoms with Crippen molar-refractivity contribution in [2.24, 2.45) is 0 Å². The number of aromatic nitrogens is 6.